The quantitative estimate of drug-likeness (QED) is 0.568. The second kappa shape index (κ2) is 8.73. The minimum atomic E-state index is -3.74. The van der Waals surface area contributed by atoms with E-state index in [1.54, 1.807) is 38.4 Å². The number of benzene rings is 2. The van der Waals surface area contributed by atoms with Gasteiger partial charge < -0.3 is 14.5 Å². The van der Waals surface area contributed by atoms with E-state index >= 15 is 0 Å². The number of ether oxygens (including phenoxy) is 1. The van der Waals surface area contributed by atoms with Crippen molar-refractivity contribution in [3.8, 4) is 5.75 Å². The van der Waals surface area contributed by atoms with Crippen LogP contribution < -0.4 is 9.04 Å². The normalized spacial score (nSPS) is 15.2. The molecule has 0 radical (unpaired) electrons. The fourth-order valence-electron chi connectivity index (χ4n) is 3.81. The van der Waals surface area contributed by atoms with E-state index in [0.717, 1.165) is 41.8 Å². The number of sulfonamides is 1. The molecule has 0 N–H and O–H groups in total. The highest BCUT2D eigenvalue weighted by atomic mass is 32.2. The molecule has 1 amide bonds. The molecule has 0 aliphatic carbocycles. The van der Waals surface area contributed by atoms with Gasteiger partial charge in [-0.2, -0.15) is 0 Å². The van der Waals surface area contributed by atoms with E-state index in [-0.39, 0.29) is 10.8 Å². The third-order valence-corrected chi connectivity index (χ3v) is 8.78. The Morgan fingerprint density at radius 3 is 2.44 bits per heavy atom. The number of hydrogen-bond donors (Lipinski definition) is 0. The summed E-state index contributed by atoms with van der Waals surface area (Å²) >= 11 is 1.44. The third-order valence-electron chi connectivity index (χ3n) is 5.89. The van der Waals surface area contributed by atoms with Crippen molar-refractivity contribution in [3.63, 3.8) is 0 Å². The number of thiophene rings is 1. The van der Waals surface area contributed by atoms with Gasteiger partial charge in [-0.25, -0.2) is 8.42 Å². The van der Waals surface area contributed by atoms with Gasteiger partial charge in [0, 0.05) is 37.9 Å². The maximum atomic E-state index is 13.2. The summed E-state index contributed by atoms with van der Waals surface area (Å²) in [5, 5.41) is 0.859. The molecule has 0 spiro atoms. The number of carbonyl (C=O) groups excluding carboxylic acids is 1. The van der Waals surface area contributed by atoms with E-state index in [2.05, 4.69) is 11.9 Å². The lowest BCUT2D eigenvalue weighted by atomic mass is 10.2. The number of aryl methyl sites for hydroxylation is 1. The fraction of sp³-hybridized carbons (Fsp3) is 0.348. The first-order valence-corrected chi connectivity index (χ1v) is 12.6. The molecule has 1 fully saturated rings. The van der Waals surface area contributed by atoms with Crippen LogP contribution in [0.4, 0.5) is 5.69 Å². The van der Waals surface area contributed by atoms with Gasteiger partial charge in [0.25, 0.3) is 15.9 Å². The molecule has 2 aromatic carbocycles. The minimum absolute atomic E-state index is 0.0375. The van der Waals surface area contributed by atoms with Crippen LogP contribution in [0, 0.1) is 6.92 Å². The van der Waals surface area contributed by atoms with Crippen molar-refractivity contribution < 1.29 is 17.9 Å². The van der Waals surface area contributed by atoms with Gasteiger partial charge >= 0.3 is 0 Å². The predicted octanol–water partition coefficient (Wildman–Crippen LogP) is 3.43. The van der Waals surface area contributed by atoms with Crippen LogP contribution in [0.5, 0.6) is 5.75 Å². The predicted molar refractivity (Wildman–Crippen MR) is 129 cm³/mol. The smallest absolute Gasteiger partial charge is 0.264 e. The molecular formula is C23H27N3O4S2. The van der Waals surface area contributed by atoms with Gasteiger partial charge in [0.2, 0.25) is 0 Å². The number of anilines is 1. The minimum Gasteiger partial charge on any atom is -0.496 e. The van der Waals surface area contributed by atoms with Crippen LogP contribution >= 0.6 is 11.3 Å². The molecule has 1 aliphatic heterocycles. The maximum absolute atomic E-state index is 13.2. The molecule has 4 rings (SSSR count). The first-order valence-electron chi connectivity index (χ1n) is 10.4. The highest BCUT2D eigenvalue weighted by Gasteiger charge is 2.24. The lowest BCUT2D eigenvalue weighted by molar-refractivity contribution is 0.0669. The molecular weight excluding hydrogens is 446 g/mol. The van der Waals surface area contributed by atoms with Gasteiger partial charge in [-0.1, -0.05) is 0 Å². The van der Waals surface area contributed by atoms with Crippen LogP contribution in [-0.2, 0) is 10.0 Å². The second-order valence-electron chi connectivity index (χ2n) is 8.03. The van der Waals surface area contributed by atoms with Gasteiger partial charge in [0.1, 0.15) is 5.75 Å². The lowest BCUT2D eigenvalue weighted by Gasteiger charge is -2.32. The van der Waals surface area contributed by atoms with E-state index < -0.39 is 10.0 Å². The average molecular weight is 474 g/mol. The second-order valence-corrected chi connectivity index (χ2v) is 11.1. The van der Waals surface area contributed by atoms with Crippen molar-refractivity contribution in [1.29, 1.82) is 0 Å². The monoisotopic (exact) mass is 473 g/mol. The molecule has 7 nitrogen and oxygen atoms in total. The number of fused-ring (bicyclic) bond motifs is 1. The zero-order chi connectivity index (χ0) is 23.0. The summed E-state index contributed by atoms with van der Waals surface area (Å²) in [5.74, 6) is 0.680. The molecule has 9 heteroatoms. The third kappa shape index (κ3) is 4.20. The molecule has 0 bridgehead atoms. The van der Waals surface area contributed by atoms with Gasteiger partial charge in [-0.3, -0.25) is 9.10 Å². The number of piperazine rings is 1. The Bertz CT molecular complexity index is 1260. The molecule has 0 atom stereocenters. The van der Waals surface area contributed by atoms with Crippen LogP contribution in [0.1, 0.15) is 15.2 Å². The summed E-state index contributed by atoms with van der Waals surface area (Å²) < 4.78 is 33.8. The summed E-state index contributed by atoms with van der Waals surface area (Å²) in [5.41, 5.74) is 1.30. The topological polar surface area (TPSA) is 70.2 Å². The molecule has 1 saturated heterocycles. The lowest BCUT2D eigenvalue weighted by Crippen LogP contribution is -2.46. The van der Waals surface area contributed by atoms with E-state index in [0.29, 0.717) is 16.3 Å². The van der Waals surface area contributed by atoms with E-state index in [9.17, 15) is 13.2 Å². The Hall–Kier alpha value is -2.62. The van der Waals surface area contributed by atoms with Crippen LogP contribution in [-0.4, -0.2) is 71.5 Å². The number of methoxy groups -OCH3 is 1. The molecule has 2 heterocycles. The average Bonchev–Trinajstić information content (AvgIpc) is 3.22. The Kier molecular flexibility index (Phi) is 6.15. The number of hydrogen-bond acceptors (Lipinski definition) is 6. The number of likely N-dealkylation sites (N-methyl/N-ethyl adjacent to an activating group) is 1. The number of amides is 1. The number of rotatable bonds is 5. The summed E-state index contributed by atoms with van der Waals surface area (Å²) in [6.45, 7) is 4.99. The maximum Gasteiger partial charge on any atom is 0.264 e. The standard InChI is InChI=1S/C23H27N3O4S2/c1-16-13-19(6-7-20(16)30-4)32(28,29)25(3)18-5-8-21-17(14-18)15-22(31-21)23(27)26-11-9-24(2)10-12-26/h5-8,13-15H,9-12H2,1-4H3. The summed E-state index contributed by atoms with van der Waals surface area (Å²) in [6.07, 6.45) is 0. The zero-order valence-corrected chi connectivity index (χ0v) is 20.3. The zero-order valence-electron chi connectivity index (χ0n) is 18.7. The fourth-order valence-corrected chi connectivity index (χ4v) is 6.09. The van der Waals surface area contributed by atoms with Gasteiger partial charge in [-0.05, 0) is 67.4 Å². The van der Waals surface area contributed by atoms with Crippen molar-refractivity contribution in [1.82, 2.24) is 9.80 Å². The molecule has 1 aromatic heterocycles. The largest absolute Gasteiger partial charge is 0.496 e. The molecule has 32 heavy (non-hydrogen) atoms. The first kappa shape index (κ1) is 22.6. The van der Waals surface area contributed by atoms with E-state index in [4.69, 9.17) is 4.74 Å². The van der Waals surface area contributed by atoms with Gasteiger partial charge in [-0.15, -0.1) is 11.3 Å². The highest BCUT2D eigenvalue weighted by Crippen LogP contribution is 2.32. The Morgan fingerprint density at radius 2 is 1.78 bits per heavy atom. The SMILES string of the molecule is COc1ccc(S(=O)(=O)N(C)c2ccc3sc(C(=O)N4CCN(C)CC4)cc3c2)cc1C. The van der Waals surface area contributed by atoms with Crippen molar-refractivity contribution in [2.24, 2.45) is 0 Å². The van der Waals surface area contributed by atoms with Crippen LogP contribution in [0.25, 0.3) is 10.1 Å². The van der Waals surface area contributed by atoms with E-state index in [1.165, 1.54) is 15.6 Å². The van der Waals surface area contributed by atoms with Crippen molar-refractivity contribution in [2.75, 3.05) is 51.7 Å². The molecule has 0 unspecified atom stereocenters. The molecule has 170 valence electrons. The Balaban J connectivity index is 1.60. The molecule has 3 aromatic rings. The summed E-state index contributed by atoms with van der Waals surface area (Å²) in [7, 11) is 1.41. The van der Waals surface area contributed by atoms with Crippen molar-refractivity contribution in [3.05, 3.63) is 52.9 Å². The first-order chi connectivity index (χ1) is 15.2. The van der Waals surface area contributed by atoms with Gasteiger partial charge in [0.15, 0.2) is 0 Å². The van der Waals surface area contributed by atoms with Crippen LogP contribution in [0.2, 0.25) is 0 Å². The number of nitrogens with zero attached hydrogens (tertiary/aromatic N) is 3. The Morgan fingerprint density at radius 1 is 1.06 bits per heavy atom. The van der Waals surface area contributed by atoms with Gasteiger partial charge in [0.05, 0.1) is 22.6 Å². The molecule has 1 aliphatic rings. The van der Waals surface area contributed by atoms with Crippen LogP contribution in [0.15, 0.2) is 47.4 Å². The summed E-state index contributed by atoms with van der Waals surface area (Å²) in [4.78, 5) is 17.9. The van der Waals surface area contributed by atoms with Crippen molar-refractivity contribution in [2.45, 2.75) is 11.8 Å². The van der Waals surface area contributed by atoms with Crippen molar-refractivity contribution >= 4 is 43.0 Å². The number of carbonyl (C=O) groups is 1. The summed E-state index contributed by atoms with van der Waals surface area (Å²) in [6, 6.07) is 12.2. The highest BCUT2D eigenvalue weighted by molar-refractivity contribution is 7.92. The molecule has 0 saturated carbocycles. The van der Waals surface area contributed by atoms with Crippen LogP contribution in [0.3, 0.4) is 0 Å². The Labute approximate surface area is 192 Å². The van der Waals surface area contributed by atoms with E-state index in [1.807, 2.05) is 30.0 Å².